The zero-order chi connectivity index (χ0) is 23.4. The van der Waals surface area contributed by atoms with Crippen molar-refractivity contribution in [2.75, 3.05) is 33.8 Å². The molecule has 2 aromatic rings. The molecule has 0 aromatic heterocycles. The van der Waals surface area contributed by atoms with E-state index in [2.05, 4.69) is 15.0 Å². The number of alkyl carbamates (subject to hydrolysis) is 1. The van der Waals surface area contributed by atoms with E-state index in [0.717, 1.165) is 29.7 Å². The number of nitrogens with zero attached hydrogens (tertiary/aromatic N) is 2. The van der Waals surface area contributed by atoms with Crippen LogP contribution in [0, 0.1) is 0 Å². The summed E-state index contributed by atoms with van der Waals surface area (Å²) in [5.41, 5.74) is 2.92. The molecular weight excluding hydrogens is 422 g/mol. The zero-order valence-corrected chi connectivity index (χ0v) is 19.1. The fraction of sp³-hybridized carbons (Fsp3) is 0.440. The van der Waals surface area contributed by atoms with Gasteiger partial charge in [0.25, 0.3) is 5.91 Å². The van der Waals surface area contributed by atoms with Gasteiger partial charge < -0.3 is 24.8 Å². The Kier molecular flexibility index (Phi) is 7.15. The van der Waals surface area contributed by atoms with Gasteiger partial charge in [-0.3, -0.25) is 9.69 Å². The molecule has 1 fully saturated rings. The van der Waals surface area contributed by atoms with Crippen LogP contribution in [0.25, 0.3) is 0 Å². The zero-order valence-electron chi connectivity index (χ0n) is 19.1. The average Bonchev–Trinajstić information content (AvgIpc) is 3.45. The molecule has 1 saturated heterocycles. The van der Waals surface area contributed by atoms with Crippen molar-refractivity contribution in [1.29, 1.82) is 0 Å². The molecule has 2 amide bonds. The monoisotopic (exact) mass is 453 g/mol. The van der Waals surface area contributed by atoms with E-state index in [0.29, 0.717) is 31.8 Å². The quantitative estimate of drug-likeness (QED) is 0.667. The van der Waals surface area contributed by atoms with Gasteiger partial charge in [0.2, 0.25) is 0 Å². The normalized spacial score (nSPS) is 20.6. The van der Waals surface area contributed by atoms with E-state index in [1.165, 1.54) is 7.11 Å². The number of ether oxygens (including phenoxy) is 2. The van der Waals surface area contributed by atoms with Crippen LogP contribution < -0.4 is 10.1 Å². The number of benzene rings is 2. The Morgan fingerprint density at radius 1 is 1.27 bits per heavy atom. The number of nitrogens with one attached hydrogen (secondary N) is 1. The lowest BCUT2D eigenvalue weighted by molar-refractivity contribution is -0.139. The topological polar surface area (TPSA) is 91.3 Å². The second kappa shape index (κ2) is 10.2. The molecule has 2 aliphatic rings. The van der Waals surface area contributed by atoms with Crippen LogP contribution in [0.1, 0.15) is 29.2 Å². The Morgan fingerprint density at radius 2 is 2.06 bits per heavy atom. The Hall–Kier alpha value is -3.10. The number of hydrogen-bond acceptors (Lipinski definition) is 6. The van der Waals surface area contributed by atoms with Crippen LogP contribution in [0.15, 0.2) is 48.5 Å². The number of aliphatic hydroxyl groups excluding tert-OH is 1. The lowest BCUT2D eigenvalue weighted by atomic mass is 10.0. The highest BCUT2D eigenvalue weighted by Crippen LogP contribution is 2.32. The van der Waals surface area contributed by atoms with Gasteiger partial charge in [-0.1, -0.05) is 42.5 Å². The molecule has 0 saturated carbocycles. The maximum absolute atomic E-state index is 13.5. The van der Waals surface area contributed by atoms with E-state index in [4.69, 9.17) is 4.74 Å². The minimum atomic E-state index is -0.593. The summed E-state index contributed by atoms with van der Waals surface area (Å²) in [6, 6.07) is 15.5. The molecule has 2 heterocycles. The molecule has 8 nitrogen and oxygen atoms in total. The summed E-state index contributed by atoms with van der Waals surface area (Å²) in [7, 11) is 3.15. The fourth-order valence-electron chi connectivity index (χ4n) is 4.53. The summed E-state index contributed by atoms with van der Waals surface area (Å²) < 4.78 is 10.6. The van der Waals surface area contributed by atoms with Crippen molar-refractivity contribution in [3.8, 4) is 5.75 Å². The van der Waals surface area contributed by atoms with Crippen LogP contribution in [0.4, 0.5) is 4.79 Å². The maximum atomic E-state index is 13.5. The summed E-state index contributed by atoms with van der Waals surface area (Å²) in [5, 5.41) is 12.6. The lowest BCUT2D eigenvalue weighted by Crippen LogP contribution is -2.44. The first-order chi connectivity index (χ1) is 15.9. The van der Waals surface area contributed by atoms with Crippen LogP contribution in [-0.2, 0) is 22.5 Å². The summed E-state index contributed by atoms with van der Waals surface area (Å²) in [6.07, 6.45) is -0.150. The van der Waals surface area contributed by atoms with Crippen LogP contribution >= 0.6 is 0 Å². The summed E-state index contributed by atoms with van der Waals surface area (Å²) in [4.78, 5) is 28.8. The first kappa shape index (κ1) is 23.1. The van der Waals surface area contributed by atoms with Gasteiger partial charge in [0.1, 0.15) is 5.75 Å². The molecule has 0 bridgehead atoms. The van der Waals surface area contributed by atoms with Crippen LogP contribution in [0.2, 0.25) is 0 Å². The molecular formula is C25H31N3O5. The predicted molar refractivity (Wildman–Crippen MR) is 123 cm³/mol. The van der Waals surface area contributed by atoms with E-state index < -0.39 is 12.2 Å². The van der Waals surface area contributed by atoms with Gasteiger partial charge in [0, 0.05) is 39.6 Å². The Morgan fingerprint density at radius 3 is 2.76 bits per heavy atom. The van der Waals surface area contributed by atoms with E-state index in [-0.39, 0.29) is 18.1 Å². The SMILES string of the molecule is COC(=O)NCc1ccc2c(c1)CC(C(=O)N(C)[C@H](CN1CC[C@H](O)C1)c1ccccc1)O2. The number of likely N-dealkylation sites (N-methyl/N-ethyl adjacent to an activating group) is 1. The summed E-state index contributed by atoms with van der Waals surface area (Å²) >= 11 is 0. The van der Waals surface area contributed by atoms with Gasteiger partial charge in [-0.15, -0.1) is 0 Å². The number of methoxy groups -OCH3 is 1. The number of aliphatic hydroxyl groups is 1. The highest BCUT2D eigenvalue weighted by Gasteiger charge is 2.35. The average molecular weight is 454 g/mol. The van der Waals surface area contributed by atoms with Crippen molar-refractivity contribution >= 4 is 12.0 Å². The van der Waals surface area contributed by atoms with Crippen LogP contribution in [0.5, 0.6) is 5.75 Å². The van der Waals surface area contributed by atoms with E-state index in [1.807, 2.05) is 55.6 Å². The Labute approximate surface area is 194 Å². The van der Waals surface area contributed by atoms with Gasteiger partial charge in [-0.2, -0.15) is 0 Å². The number of carbonyl (C=O) groups is 2. The maximum Gasteiger partial charge on any atom is 0.407 e. The first-order valence-electron chi connectivity index (χ1n) is 11.3. The molecule has 0 spiro atoms. The number of fused-ring (bicyclic) bond motifs is 1. The lowest BCUT2D eigenvalue weighted by Gasteiger charge is -2.33. The minimum absolute atomic E-state index is 0.0750. The number of carbonyl (C=O) groups excluding carboxylic acids is 2. The van der Waals surface area contributed by atoms with Gasteiger partial charge in [-0.25, -0.2) is 4.79 Å². The van der Waals surface area contributed by atoms with Crippen LogP contribution in [-0.4, -0.2) is 72.9 Å². The number of hydrogen-bond donors (Lipinski definition) is 2. The Bertz CT molecular complexity index is 983. The van der Waals surface area contributed by atoms with Gasteiger partial charge in [-0.05, 0) is 29.2 Å². The number of likely N-dealkylation sites (tertiary alicyclic amines) is 1. The molecule has 4 rings (SSSR count). The van der Waals surface area contributed by atoms with Crippen molar-refractivity contribution in [1.82, 2.24) is 15.1 Å². The third-order valence-electron chi connectivity index (χ3n) is 6.38. The van der Waals surface area contributed by atoms with Crippen molar-refractivity contribution in [3.63, 3.8) is 0 Å². The molecule has 0 radical (unpaired) electrons. The molecule has 3 atom stereocenters. The van der Waals surface area contributed by atoms with Crippen molar-refractivity contribution in [3.05, 3.63) is 65.2 Å². The molecule has 2 N–H and O–H groups in total. The minimum Gasteiger partial charge on any atom is -0.480 e. The van der Waals surface area contributed by atoms with Crippen LogP contribution in [0.3, 0.4) is 0 Å². The summed E-state index contributed by atoms with van der Waals surface area (Å²) in [6.45, 7) is 2.45. The predicted octanol–water partition coefficient (Wildman–Crippen LogP) is 2.11. The molecule has 176 valence electrons. The van der Waals surface area contributed by atoms with Gasteiger partial charge in [0.15, 0.2) is 6.10 Å². The fourth-order valence-corrected chi connectivity index (χ4v) is 4.53. The second-order valence-electron chi connectivity index (χ2n) is 8.68. The molecule has 2 aromatic carbocycles. The smallest absolute Gasteiger partial charge is 0.407 e. The van der Waals surface area contributed by atoms with Gasteiger partial charge >= 0.3 is 6.09 Å². The van der Waals surface area contributed by atoms with Crippen molar-refractivity contribution < 1.29 is 24.2 Å². The second-order valence-corrected chi connectivity index (χ2v) is 8.68. The molecule has 1 unspecified atom stereocenters. The standard InChI is InChI=1S/C25H31N3O5/c1-27(21(18-6-4-3-5-7-18)16-28-11-10-20(29)15-28)24(30)23-13-19-12-17(8-9-22(19)33-23)14-26-25(31)32-2/h3-9,12,20-21,23,29H,10-11,13-16H2,1-2H3,(H,26,31)/t20-,21+,23?/m0/s1. The highest BCUT2D eigenvalue weighted by molar-refractivity contribution is 5.83. The van der Waals surface area contributed by atoms with Crippen molar-refractivity contribution in [2.24, 2.45) is 0 Å². The summed E-state index contributed by atoms with van der Waals surface area (Å²) in [5.74, 6) is 0.622. The molecule has 0 aliphatic carbocycles. The van der Waals surface area contributed by atoms with Crippen molar-refractivity contribution in [2.45, 2.75) is 37.6 Å². The third-order valence-corrected chi connectivity index (χ3v) is 6.38. The third kappa shape index (κ3) is 5.46. The highest BCUT2D eigenvalue weighted by atomic mass is 16.5. The van der Waals surface area contributed by atoms with Gasteiger partial charge in [0.05, 0.1) is 19.3 Å². The van der Waals surface area contributed by atoms with E-state index in [9.17, 15) is 14.7 Å². The number of β-amino-alcohol motifs (C(OH)–C–C–N with tert-alkyl or cyclic N) is 1. The van der Waals surface area contributed by atoms with E-state index >= 15 is 0 Å². The number of rotatable bonds is 7. The van der Waals surface area contributed by atoms with E-state index in [1.54, 1.807) is 4.90 Å². The number of amides is 2. The Balaban J connectivity index is 1.45. The first-order valence-corrected chi connectivity index (χ1v) is 11.3. The molecule has 8 heteroatoms. The molecule has 2 aliphatic heterocycles. The largest absolute Gasteiger partial charge is 0.480 e. The molecule has 33 heavy (non-hydrogen) atoms.